The lowest BCUT2D eigenvalue weighted by molar-refractivity contribution is 0.340. The molecule has 3 rings (SSSR count). The van der Waals surface area contributed by atoms with Gasteiger partial charge in [0.15, 0.2) is 0 Å². The van der Waals surface area contributed by atoms with Gasteiger partial charge in [-0.15, -0.1) is 0 Å². The summed E-state index contributed by atoms with van der Waals surface area (Å²) in [5.74, 6) is 1.93. The molecule has 0 radical (unpaired) electrons. The lowest BCUT2D eigenvalue weighted by atomic mass is 10.1. The predicted molar refractivity (Wildman–Crippen MR) is 88.3 cm³/mol. The topological polar surface area (TPSA) is 49.1 Å². The maximum absolute atomic E-state index is 8.91. The van der Waals surface area contributed by atoms with Crippen LogP contribution in [0.15, 0.2) is 24.3 Å². The van der Waals surface area contributed by atoms with Crippen molar-refractivity contribution in [1.29, 1.82) is 5.26 Å². The Morgan fingerprint density at radius 3 is 2.82 bits per heavy atom. The Bertz CT molecular complexity index is 699. The molecule has 4 nitrogen and oxygen atoms in total. The van der Waals surface area contributed by atoms with Gasteiger partial charge >= 0.3 is 0 Å². The molecule has 0 atom stereocenters. The second-order valence-electron chi connectivity index (χ2n) is 5.61. The standard InChI is InChI=1S/C18H21N3O/c1-2-22-16-7-8-17-15(13-16)12-14(6-5-9-19)18(20-17)21-10-3-4-11-21/h7-8,12-13H,2-6,10-11H2,1H3. The number of pyridine rings is 1. The Kier molecular flexibility index (Phi) is 4.43. The van der Waals surface area contributed by atoms with Crippen molar-refractivity contribution in [3.63, 3.8) is 0 Å². The van der Waals surface area contributed by atoms with Crippen LogP contribution in [0.1, 0.15) is 31.7 Å². The molecule has 1 aromatic carbocycles. The average Bonchev–Trinajstić information content (AvgIpc) is 3.06. The van der Waals surface area contributed by atoms with E-state index in [0.29, 0.717) is 13.0 Å². The summed E-state index contributed by atoms with van der Waals surface area (Å²) in [6, 6.07) is 10.5. The minimum absolute atomic E-state index is 0.527. The summed E-state index contributed by atoms with van der Waals surface area (Å²) in [6.45, 7) is 4.77. The molecule has 0 unspecified atom stereocenters. The van der Waals surface area contributed by atoms with Crippen molar-refractivity contribution in [2.75, 3.05) is 24.6 Å². The Hall–Kier alpha value is -2.28. The summed E-state index contributed by atoms with van der Waals surface area (Å²) in [6.07, 6.45) is 3.73. The summed E-state index contributed by atoms with van der Waals surface area (Å²) in [5, 5.41) is 9.99. The van der Waals surface area contributed by atoms with E-state index < -0.39 is 0 Å². The molecule has 2 aromatic rings. The first-order valence-electron chi connectivity index (χ1n) is 8.00. The Balaban J connectivity index is 2.03. The van der Waals surface area contributed by atoms with E-state index >= 15 is 0 Å². The van der Waals surface area contributed by atoms with Crippen molar-refractivity contribution in [2.24, 2.45) is 0 Å². The smallest absolute Gasteiger partial charge is 0.132 e. The van der Waals surface area contributed by atoms with E-state index in [9.17, 15) is 0 Å². The van der Waals surface area contributed by atoms with Crippen LogP contribution in [-0.2, 0) is 6.42 Å². The van der Waals surface area contributed by atoms with Crippen molar-refractivity contribution in [3.8, 4) is 11.8 Å². The van der Waals surface area contributed by atoms with Gasteiger partial charge in [-0.2, -0.15) is 5.26 Å². The molecule has 0 aliphatic carbocycles. The zero-order valence-electron chi connectivity index (χ0n) is 13.0. The maximum atomic E-state index is 8.91. The van der Waals surface area contributed by atoms with E-state index in [1.54, 1.807) is 0 Å². The zero-order chi connectivity index (χ0) is 15.4. The molecule has 0 saturated carbocycles. The highest BCUT2D eigenvalue weighted by Gasteiger charge is 2.18. The van der Waals surface area contributed by atoms with Crippen LogP contribution >= 0.6 is 0 Å². The average molecular weight is 295 g/mol. The van der Waals surface area contributed by atoms with E-state index in [-0.39, 0.29) is 0 Å². The molecule has 1 aliphatic heterocycles. The van der Waals surface area contributed by atoms with Crippen molar-refractivity contribution in [1.82, 2.24) is 4.98 Å². The summed E-state index contributed by atoms with van der Waals surface area (Å²) >= 11 is 0. The van der Waals surface area contributed by atoms with Crippen molar-refractivity contribution in [3.05, 3.63) is 29.8 Å². The number of ether oxygens (including phenoxy) is 1. The highest BCUT2D eigenvalue weighted by Crippen LogP contribution is 2.29. The van der Waals surface area contributed by atoms with E-state index in [1.807, 2.05) is 25.1 Å². The molecular weight excluding hydrogens is 274 g/mol. The minimum atomic E-state index is 0.527. The largest absolute Gasteiger partial charge is 0.494 e. The first-order chi connectivity index (χ1) is 10.8. The lowest BCUT2D eigenvalue weighted by Crippen LogP contribution is -2.20. The first kappa shape index (κ1) is 14.6. The van der Waals surface area contributed by atoms with Gasteiger partial charge < -0.3 is 9.64 Å². The molecule has 22 heavy (non-hydrogen) atoms. The second-order valence-corrected chi connectivity index (χ2v) is 5.61. The fourth-order valence-electron chi connectivity index (χ4n) is 3.02. The molecule has 0 spiro atoms. The molecule has 1 fully saturated rings. The molecule has 0 bridgehead atoms. The number of fused-ring (bicyclic) bond motifs is 1. The normalized spacial score (nSPS) is 14.3. The lowest BCUT2D eigenvalue weighted by Gasteiger charge is -2.20. The number of hydrogen-bond acceptors (Lipinski definition) is 4. The molecule has 0 amide bonds. The number of nitriles is 1. The molecule has 1 aliphatic rings. The zero-order valence-corrected chi connectivity index (χ0v) is 13.0. The summed E-state index contributed by atoms with van der Waals surface area (Å²) in [4.78, 5) is 7.22. The molecule has 4 heteroatoms. The molecule has 114 valence electrons. The van der Waals surface area contributed by atoms with Gasteiger partial charge in [-0.05, 0) is 56.0 Å². The fourth-order valence-corrected chi connectivity index (χ4v) is 3.02. The van der Waals surface area contributed by atoms with Crippen LogP contribution in [0.5, 0.6) is 5.75 Å². The van der Waals surface area contributed by atoms with Gasteiger partial charge in [0.1, 0.15) is 11.6 Å². The van der Waals surface area contributed by atoms with E-state index in [1.165, 1.54) is 18.4 Å². The van der Waals surface area contributed by atoms with Crippen LogP contribution in [0.25, 0.3) is 10.9 Å². The maximum Gasteiger partial charge on any atom is 0.132 e. The van der Waals surface area contributed by atoms with Gasteiger partial charge in [0.25, 0.3) is 0 Å². The van der Waals surface area contributed by atoms with Crippen LogP contribution < -0.4 is 9.64 Å². The van der Waals surface area contributed by atoms with Crippen molar-refractivity contribution >= 4 is 16.7 Å². The van der Waals surface area contributed by atoms with Crippen LogP contribution in [0.4, 0.5) is 5.82 Å². The number of hydrogen-bond donors (Lipinski definition) is 0. The molecule has 1 saturated heterocycles. The van der Waals surface area contributed by atoms with Gasteiger partial charge in [0.05, 0.1) is 18.2 Å². The fraction of sp³-hybridized carbons (Fsp3) is 0.444. The van der Waals surface area contributed by atoms with Gasteiger partial charge in [-0.1, -0.05) is 0 Å². The molecule has 0 N–H and O–H groups in total. The van der Waals surface area contributed by atoms with Gasteiger partial charge in [0.2, 0.25) is 0 Å². The van der Waals surface area contributed by atoms with Crippen LogP contribution in [0, 0.1) is 11.3 Å². The number of nitrogens with zero attached hydrogens (tertiary/aromatic N) is 3. The molecule has 2 heterocycles. The Morgan fingerprint density at radius 2 is 2.09 bits per heavy atom. The molecular formula is C18H21N3O. The van der Waals surface area contributed by atoms with E-state index in [4.69, 9.17) is 15.0 Å². The quantitative estimate of drug-likeness (QED) is 0.844. The second kappa shape index (κ2) is 6.65. The van der Waals surface area contributed by atoms with Crippen LogP contribution in [0.3, 0.4) is 0 Å². The van der Waals surface area contributed by atoms with Crippen molar-refractivity contribution in [2.45, 2.75) is 32.6 Å². The van der Waals surface area contributed by atoms with Gasteiger partial charge in [0, 0.05) is 24.9 Å². The summed E-state index contributed by atoms with van der Waals surface area (Å²) in [5.41, 5.74) is 2.16. The molecule has 1 aromatic heterocycles. The third-order valence-electron chi connectivity index (χ3n) is 4.07. The van der Waals surface area contributed by atoms with E-state index in [2.05, 4.69) is 17.0 Å². The highest BCUT2D eigenvalue weighted by molar-refractivity contribution is 5.83. The number of aromatic nitrogens is 1. The Morgan fingerprint density at radius 1 is 1.27 bits per heavy atom. The number of rotatable bonds is 5. The van der Waals surface area contributed by atoms with Gasteiger partial charge in [-0.3, -0.25) is 0 Å². The third kappa shape index (κ3) is 2.99. The van der Waals surface area contributed by atoms with Gasteiger partial charge in [-0.25, -0.2) is 4.98 Å². The predicted octanol–water partition coefficient (Wildman–Crippen LogP) is 3.69. The number of anilines is 1. The van der Waals surface area contributed by atoms with E-state index in [0.717, 1.165) is 42.0 Å². The van der Waals surface area contributed by atoms with Crippen molar-refractivity contribution < 1.29 is 4.74 Å². The number of aryl methyl sites for hydroxylation is 1. The Labute approximate surface area is 131 Å². The summed E-state index contributed by atoms with van der Waals surface area (Å²) < 4.78 is 5.57. The summed E-state index contributed by atoms with van der Waals surface area (Å²) in [7, 11) is 0. The third-order valence-corrected chi connectivity index (χ3v) is 4.07. The highest BCUT2D eigenvalue weighted by atomic mass is 16.5. The van der Waals surface area contributed by atoms with Crippen LogP contribution in [0.2, 0.25) is 0 Å². The SMILES string of the molecule is CCOc1ccc2nc(N3CCCC3)c(CCC#N)cc2c1. The minimum Gasteiger partial charge on any atom is -0.494 e. The number of benzene rings is 1. The first-order valence-corrected chi connectivity index (χ1v) is 8.00. The monoisotopic (exact) mass is 295 g/mol. The van der Waals surface area contributed by atoms with Crippen LogP contribution in [-0.4, -0.2) is 24.7 Å².